The summed E-state index contributed by atoms with van der Waals surface area (Å²) in [5.41, 5.74) is 3.20. The SMILES string of the molecule is COc1cc(C)c(CC(=O)NCCN(C)C)cc1C. The maximum atomic E-state index is 11.9. The van der Waals surface area contributed by atoms with Crippen LogP contribution >= 0.6 is 0 Å². The molecule has 0 unspecified atom stereocenters. The predicted octanol–water partition coefficient (Wildman–Crippen LogP) is 1.53. The van der Waals surface area contributed by atoms with Crippen molar-refractivity contribution in [2.75, 3.05) is 34.3 Å². The highest BCUT2D eigenvalue weighted by Crippen LogP contribution is 2.22. The van der Waals surface area contributed by atoms with Gasteiger partial charge in [0.15, 0.2) is 0 Å². The van der Waals surface area contributed by atoms with Crippen LogP contribution in [-0.4, -0.2) is 45.1 Å². The van der Waals surface area contributed by atoms with Crippen LogP contribution < -0.4 is 10.1 Å². The first-order chi connectivity index (χ1) is 8.93. The number of hydrogen-bond acceptors (Lipinski definition) is 3. The average Bonchev–Trinajstić information content (AvgIpc) is 2.32. The molecule has 0 heterocycles. The van der Waals surface area contributed by atoms with Crippen molar-refractivity contribution in [1.82, 2.24) is 10.2 Å². The average molecular weight is 264 g/mol. The first kappa shape index (κ1) is 15.5. The van der Waals surface area contributed by atoms with Gasteiger partial charge in [0, 0.05) is 13.1 Å². The zero-order valence-electron chi connectivity index (χ0n) is 12.5. The molecule has 0 aliphatic rings. The molecule has 0 radical (unpaired) electrons. The molecule has 1 aromatic rings. The van der Waals surface area contributed by atoms with Gasteiger partial charge >= 0.3 is 0 Å². The number of benzene rings is 1. The molecule has 0 aliphatic heterocycles. The molecule has 19 heavy (non-hydrogen) atoms. The minimum Gasteiger partial charge on any atom is -0.496 e. The number of nitrogens with one attached hydrogen (secondary N) is 1. The van der Waals surface area contributed by atoms with Crippen LogP contribution in [0.4, 0.5) is 0 Å². The molecule has 0 atom stereocenters. The third kappa shape index (κ3) is 4.91. The van der Waals surface area contributed by atoms with E-state index in [0.717, 1.165) is 29.0 Å². The van der Waals surface area contributed by atoms with Gasteiger partial charge < -0.3 is 15.0 Å². The largest absolute Gasteiger partial charge is 0.496 e. The van der Waals surface area contributed by atoms with Crippen molar-refractivity contribution in [2.24, 2.45) is 0 Å². The topological polar surface area (TPSA) is 41.6 Å². The van der Waals surface area contributed by atoms with E-state index in [2.05, 4.69) is 5.32 Å². The summed E-state index contributed by atoms with van der Waals surface area (Å²) >= 11 is 0. The lowest BCUT2D eigenvalue weighted by Crippen LogP contribution is -2.32. The van der Waals surface area contributed by atoms with Gasteiger partial charge in [-0.3, -0.25) is 4.79 Å². The number of rotatable bonds is 6. The molecule has 0 saturated carbocycles. The van der Waals surface area contributed by atoms with Crippen molar-refractivity contribution in [3.8, 4) is 5.75 Å². The molecule has 0 saturated heterocycles. The van der Waals surface area contributed by atoms with Crippen LogP contribution in [0.15, 0.2) is 12.1 Å². The van der Waals surface area contributed by atoms with Gasteiger partial charge in [0.2, 0.25) is 5.91 Å². The lowest BCUT2D eigenvalue weighted by molar-refractivity contribution is -0.120. The lowest BCUT2D eigenvalue weighted by Gasteiger charge is -2.13. The highest BCUT2D eigenvalue weighted by atomic mass is 16.5. The van der Waals surface area contributed by atoms with Crippen molar-refractivity contribution in [1.29, 1.82) is 0 Å². The van der Waals surface area contributed by atoms with Gasteiger partial charge in [-0.05, 0) is 50.7 Å². The number of nitrogens with zero attached hydrogens (tertiary/aromatic N) is 1. The van der Waals surface area contributed by atoms with Gasteiger partial charge in [-0.25, -0.2) is 0 Å². The van der Waals surface area contributed by atoms with Crippen molar-refractivity contribution >= 4 is 5.91 Å². The second kappa shape index (κ2) is 7.14. The number of likely N-dealkylation sites (N-methyl/N-ethyl adjacent to an activating group) is 1. The quantitative estimate of drug-likeness (QED) is 0.847. The van der Waals surface area contributed by atoms with E-state index >= 15 is 0 Å². The number of amides is 1. The summed E-state index contributed by atoms with van der Waals surface area (Å²) in [6.07, 6.45) is 0.421. The van der Waals surface area contributed by atoms with Crippen LogP contribution in [0.5, 0.6) is 5.75 Å². The highest BCUT2D eigenvalue weighted by molar-refractivity contribution is 5.79. The zero-order valence-corrected chi connectivity index (χ0v) is 12.5. The van der Waals surface area contributed by atoms with E-state index < -0.39 is 0 Å². The summed E-state index contributed by atoms with van der Waals surface area (Å²) in [6.45, 7) is 5.53. The summed E-state index contributed by atoms with van der Waals surface area (Å²) in [5, 5.41) is 2.93. The number of ether oxygens (including phenoxy) is 1. The predicted molar refractivity (Wildman–Crippen MR) is 77.7 cm³/mol. The summed E-state index contributed by atoms with van der Waals surface area (Å²) in [6, 6.07) is 4.01. The van der Waals surface area contributed by atoms with E-state index in [4.69, 9.17) is 4.74 Å². The van der Waals surface area contributed by atoms with E-state index in [1.165, 1.54) is 0 Å². The van der Waals surface area contributed by atoms with Gasteiger partial charge in [-0.15, -0.1) is 0 Å². The summed E-state index contributed by atoms with van der Waals surface area (Å²) in [5.74, 6) is 0.934. The summed E-state index contributed by atoms with van der Waals surface area (Å²) < 4.78 is 5.27. The molecule has 0 bridgehead atoms. The smallest absolute Gasteiger partial charge is 0.224 e. The van der Waals surface area contributed by atoms with Gasteiger partial charge in [0.05, 0.1) is 13.5 Å². The van der Waals surface area contributed by atoms with E-state index in [1.807, 2.05) is 45.0 Å². The highest BCUT2D eigenvalue weighted by Gasteiger charge is 2.09. The Labute approximate surface area is 115 Å². The number of methoxy groups -OCH3 is 1. The minimum atomic E-state index is 0.0644. The third-order valence-corrected chi connectivity index (χ3v) is 3.09. The number of carbonyl (C=O) groups is 1. The summed E-state index contributed by atoms with van der Waals surface area (Å²) in [4.78, 5) is 13.9. The monoisotopic (exact) mass is 264 g/mol. The Hall–Kier alpha value is -1.55. The molecule has 4 heteroatoms. The molecular weight excluding hydrogens is 240 g/mol. The molecular formula is C15H24N2O2. The molecule has 0 aromatic heterocycles. The summed E-state index contributed by atoms with van der Waals surface area (Å²) in [7, 11) is 5.64. The van der Waals surface area contributed by atoms with E-state index in [9.17, 15) is 4.79 Å². The Morgan fingerprint density at radius 1 is 1.26 bits per heavy atom. The molecule has 106 valence electrons. The normalized spacial score (nSPS) is 10.6. The number of hydrogen-bond donors (Lipinski definition) is 1. The van der Waals surface area contributed by atoms with Crippen LogP contribution in [0.2, 0.25) is 0 Å². The van der Waals surface area contributed by atoms with Crippen molar-refractivity contribution in [3.63, 3.8) is 0 Å². The Morgan fingerprint density at radius 3 is 2.53 bits per heavy atom. The Bertz CT molecular complexity index is 442. The number of aryl methyl sites for hydroxylation is 2. The van der Waals surface area contributed by atoms with Crippen molar-refractivity contribution in [2.45, 2.75) is 20.3 Å². The maximum absolute atomic E-state index is 11.9. The Balaban J connectivity index is 2.62. The molecule has 0 aliphatic carbocycles. The molecule has 4 nitrogen and oxygen atoms in total. The van der Waals surface area contributed by atoms with E-state index in [1.54, 1.807) is 7.11 Å². The Kier molecular flexibility index (Phi) is 5.83. The van der Waals surface area contributed by atoms with Crippen LogP contribution in [0.1, 0.15) is 16.7 Å². The van der Waals surface area contributed by atoms with Gasteiger partial charge in [0.25, 0.3) is 0 Å². The Morgan fingerprint density at radius 2 is 1.95 bits per heavy atom. The van der Waals surface area contributed by atoms with Crippen molar-refractivity contribution in [3.05, 3.63) is 28.8 Å². The zero-order chi connectivity index (χ0) is 14.4. The van der Waals surface area contributed by atoms with Crippen LogP contribution in [0.25, 0.3) is 0 Å². The maximum Gasteiger partial charge on any atom is 0.224 e. The molecule has 0 spiro atoms. The van der Waals surface area contributed by atoms with E-state index in [-0.39, 0.29) is 5.91 Å². The lowest BCUT2D eigenvalue weighted by atomic mass is 10.0. The van der Waals surface area contributed by atoms with Crippen LogP contribution in [0.3, 0.4) is 0 Å². The van der Waals surface area contributed by atoms with Crippen molar-refractivity contribution < 1.29 is 9.53 Å². The first-order valence-corrected chi connectivity index (χ1v) is 6.49. The molecule has 1 amide bonds. The molecule has 0 fully saturated rings. The first-order valence-electron chi connectivity index (χ1n) is 6.49. The van der Waals surface area contributed by atoms with Gasteiger partial charge in [-0.1, -0.05) is 6.07 Å². The second-order valence-electron chi connectivity index (χ2n) is 5.08. The fraction of sp³-hybridized carbons (Fsp3) is 0.533. The van der Waals surface area contributed by atoms with Crippen LogP contribution in [0, 0.1) is 13.8 Å². The minimum absolute atomic E-state index is 0.0644. The molecule has 1 aromatic carbocycles. The standard InChI is InChI=1S/C15H24N2O2/c1-11-9-14(19-5)12(2)8-13(11)10-15(18)16-6-7-17(3)4/h8-9H,6-7,10H2,1-5H3,(H,16,18). The fourth-order valence-corrected chi connectivity index (χ4v) is 1.91. The number of carbonyl (C=O) groups excluding carboxylic acids is 1. The van der Waals surface area contributed by atoms with E-state index in [0.29, 0.717) is 13.0 Å². The van der Waals surface area contributed by atoms with Gasteiger partial charge in [-0.2, -0.15) is 0 Å². The fourth-order valence-electron chi connectivity index (χ4n) is 1.91. The van der Waals surface area contributed by atoms with Gasteiger partial charge in [0.1, 0.15) is 5.75 Å². The second-order valence-corrected chi connectivity index (χ2v) is 5.08. The molecule has 1 rings (SSSR count). The molecule has 1 N–H and O–H groups in total. The van der Waals surface area contributed by atoms with Crippen LogP contribution in [-0.2, 0) is 11.2 Å². The third-order valence-electron chi connectivity index (χ3n) is 3.09.